The summed E-state index contributed by atoms with van der Waals surface area (Å²) < 4.78 is 25.6. The first-order chi connectivity index (χ1) is 8.43. The van der Waals surface area contributed by atoms with E-state index in [-0.39, 0.29) is 19.1 Å². The van der Waals surface area contributed by atoms with Crippen molar-refractivity contribution in [2.45, 2.75) is 6.92 Å². The molecular formula is C12H16ClNO3S. The van der Waals surface area contributed by atoms with E-state index < -0.39 is 10.0 Å². The summed E-state index contributed by atoms with van der Waals surface area (Å²) >= 11 is 5.72. The molecule has 0 bridgehead atoms. The van der Waals surface area contributed by atoms with Crippen LogP contribution in [-0.4, -0.2) is 26.7 Å². The zero-order valence-corrected chi connectivity index (χ0v) is 11.6. The molecule has 0 aliphatic carbocycles. The lowest BCUT2D eigenvalue weighted by atomic mass is 10.2. The molecular weight excluding hydrogens is 274 g/mol. The molecule has 2 N–H and O–H groups in total. The van der Waals surface area contributed by atoms with Crippen LogP contribution in [0.2, 0.25) is 5.02 Å². The monoisotopic (exact) mass is 289 g/mol. The third-order valence-electron chi connectivity index (χ3n) is 2.25. The number of hydrogen-bond acceptors (Lipinski definition) is 3. The van der Waals surface area contributed by atoms with Crippen molar-refractivity contribution in [1.29, 1.82) is 0 Å². The van der Waals surface area contributed by atoms with Gasteiger partial charge in [0.2, 0.25) is 10.0 Å². The van der Waals surface area contributed by atoms with Crippen molar-refractivity contribution in [1.82, 2.24) is 4.72 Å². The summed E-state index contributed by atoms with van der Waals surface area (Å²) in [6.07, 6.45) is 1.49. The zero-order chi connectivity index (χ0) is 13.6. The number of hydrogen-bond donors (Lipinski definition) is 2. The van der Waals surface area contributed by atoms with Gasteiger partial charge in [0.15, 0.2) is 0 Å². The van der Waals surface area contributed by atoms with Gasteiger partial charge in [-0.1, -0.05) is 30.7 Å². The summed E-state index contributed by atoms with van der Waals surface area (Å²) in [6, 6.07) is 6.83. The van der Waals surface area contributed by atoms with E-state index in [9.17, 15) is 8.42 Å². The third-order valence-corrected chi connectivity index (χ3v) is 3.57. The molecule has 0 spiro atoms. The van der Waals surface area contributed by atoms with Crippen LogP contribution < -0.4 is 4.72 Å². The highest BCUT2D eigenvalue weighted by atomic mass is 35.5. The van der Waals surface area contributed by atoms with Crippen LogP contribution in [0.25, 0.3) is 6.08 Å². The van der Waals surface area contributed by atoms with Crippen molar-refractivity contribution in [3.63, 3.8) is 0 Å². The fourth-order valence-corrected chi connectivity index (χ4v) is 2.19. The highest BCUT2D eigenvalue weighted by Gasteiger charge is 2.07. The number of rotatable bonds is 6. The van der Waals surface area contributed by atoms with Gasteiger partial charge in [-0.3, -0.25) is 0 Å². The number of nitrogens with one attached hydrogen (secondary N) is 1. The third kappa shape index (κ3) is 5.64. The minimum absolute atomic E-state index is 0.0522. The van der Waals surface area contributed by atoms with Gasteiger partial charge in [0.05, 0.1) is 0 Å². The van der Waals surface area contributed by atoms with Gasteiger partial charge < -0.3 is 5.11 Å². The Hall–Kier alpha value is -0.880. The second-order valence-electron chi connectivity index (χ2n) is 4.04. The van der Waals surface area contributed by atoms with Crippen LogP contribution in [0.4, 0.5) is 0 Å². The SMILES string of the molecule is CC(CO)CNS(=O)(=O)/C=C/c1ccc(Cl)cc1. The summed E-state index contributed by atoms with van der Waals surface area (Å²) in [4.78, 5) is 0. The summed E-state index contributed by atoms with van der Waals surface area (Å²) in [7, 11) is -3.47. The smallest absolute Gasteiger partial charge is 0.233 e. The molecule has 1 aromatic carbocycles. The van der Waals surface area contributed by atoms with E-state index >= 15 is 0 Å². The largest absolute Gasteiger partial charge is 0.396 e. The molecule has 0 fully saturated rings. The quantitative estimate of drug-likeness (QED) is 0.840. The molecule has 1 atom stereocenters. The van der Waals surface area contributed by atoms with Crippen molar-refractivity contribution in [2.75, 3.05) is 13.2 Å². The van der Waals surface area contributed by atoms with Crippen molar-refractivity contribution >= 4 is 27.7 Å². The van der Waals surface area contributed by atoms with Gasteiger partial charge >= 0.3 is 0 Å². The maximum Gasteiger partial charge on any atom is 0.233 e. The second-order valence-corrected chi connectivity index (χ2v) is 6.12. The van der Waals surface area contributed by atoms with E-state index in [1.54, 1.807) is 31.2 Å². The first-order valence-electron chi connectivity index (χ1n) is 5.47. The highest BCUT2D eigenvalue weighted by molar-refractivity contribution is 7.92. The molecule has 18 heavy (non-hydrogen) atoms. The molecule has 1 aromatic rings. The predicted octanol–water partition coefficient (Wildman–Crippen LogP) is 1.86. The molecule has 0 aliphatic heterocycles. The van der Waals surface area contributed by atoms with Crippen LogP contribution in [0.1, 0.15) is 12.5 Å². The van der Waals surface area contributed by atoms with E-state index in [1.165, 1.54) is 6.08 Å². The van der Waals surface area contributed by atoms with Crippen molar-refractivity contribution in [2.24, 2.45) is 5.92 Å². The average Bonchev–Trinajstić information content (AvgIpc) is 2.35. The van der Waals surface area contributed by atoms with Gasteiger partial charge in [-0.25, -0.2) is 13.1 Å². The molecule has 1 rings (SSSR count). The predicted molar refractivity (Wildman–Crippen MR) is 73.7 cm³/mol. The fourth-order valence-electron chi connectivity index (χ4n) is 1.11. The lowest BCUT2D eigenvalue weighted by Crippen LogP contribution is -2.27. The van der Waals surface area contributed by atoms with E-state index in [2.05, 4.69) is 4.72 Å². The van der Waals surface area contributed by atoms with E-state index in [0.29, 0.717) is 5.02 Å². The molecule has 100 valence electrons. The van der Waals surface area contributed by atoms with Gasteiger partial charge in [-0.15, -0.1) is 0 Å². The second kappa shape index (κ2) is 6.89. The molecule has 1 unspecified atom stereocenters. The van der Waals surface area contributed by atoms with Crippen LogP contribution in [0.15, 0.2) is 29.7 Å². The Morgan fingerprint density at radius 2 is 2.00 bits per heavy atom. The molecule has 6 heteroatoms. The van der Waals surface area contributed by atoms with Crippen LogP contribution in [0, 0.1) is 5.92 Å². The maximum atomic E-state index is 11.6. The Morgan fingerprint density at radius 3 is 2.56 bits per heavy atom. The van der Waals surface area contributed by atoms with Gasteiger partial charge in [0, 0.05) is 23.6 Å². The number of halogens is 1. The van der Waals surface area contributed by atoms with E-state index in [4.69, 9.17) is 16.7 Å². The van der Waals surface area contributed by atoms with Crippen molar-refractivity contribution in [3.8, 4) is 0 Å². The molecule has 0 aromatic heterocycles. The number of benzene rings is 1. The van der Waals surface area contributed by atoms with Gasteiger partial charge in [0.1, 0.15) is 0 Å². The van der Waals surface area contributed by atoms with Gasteiger partial charge in [-0.05, 0) is 29.7 Å². The summed E-state index contributed by atoms with van der Waals surface area (Å²) in [6.45, 7) is 1.92. The van der Waals surface area contributed by atoms with Crippen LogP contribution in [-0.2, 0) is 10.0 Å². The fraction of sp³-hybridized carbons (Fsp3) is 0.333. The summed E-state index contributed by atoms with van der Waals surface area (Å²) in [5.41, 5.74) is 0.750. The van der Waals surface area contributed by atoms with Crippen molar-refractivity contribution in [3.05, 3.63) is 40.3 Å². The molecule has 0 saturated carbocycles. The standard InChI is InChI=1S/C12H16ClNO3S/c1-10(9-15)8-14-18(16,17)7-6-11-2-4-12(13)5-3-11/h2-7,10,14-15H,8-9H2,1H3/b7-6+. The molecule has 0 aliphatic rings. The van der Waals surface area contributed by atoms with E-state index in [1.807, 2.05) is 0 Å². The lowest BCUT2D eigenvalue weighted by molar-refractivity contribution is 0.239. The average molecular weight is 290 g/mol. The topological polar surface area (TPSA) is 66.4 Å². The number of aliphatic hydroxyl groups is 1. The summed E-state index contributed by atoms with van der Waals surface area (Å²) in [5.74, 6) is -0.108. The van der Waals surface area contributed by atoms with Crippen LogP contribution in [0.3, 0.4) is 0 Å². The zero-order valence-electron chi connectivity index (χ0n) is 10.0. The Balaban J connectivity index is 2.62. The van der Waals surface area contributed by atoms with Gasteiger partial charge in [-0.2, -0.15) is 0 Å². The number of sulfonamides is 1. The molecule has 0 saturated heterocycles. The molecule has 0 radical (unpaired) electrons. The summed E-state index contributed by atoms with van der Waals surface area (Å²) in [5, 5.41) is 10.5. The first-order valence-corrected chi connectivity index (χ1v) is 7.39. The number of aliphatic hydroxyl groups excluding tert-OH is 1. The molecule has 0 heterocycles. The lowest BCUT2D eigenvalue weighted by Gasteiger charge is -2.07. The minimum atomic E-state index is -3.47. The highest BCUT2D eigenvalue weighted by Crippen LogP contribution is 2.11. The normalized spacial score (nSPS) is 13.9. The Labute approximate surface area is 112 Å². The van der Waals surface area contributed by atoms with Crippen LogP contribution in [0.5, 0.6) is 0 Å². The van der Waals surface area contributed by atoms with E-state index in [0.717, 1.165) is 11.0 Å². The minimum Gasteiger partial charge on any atom is -0.396 e. The maximum absolute atomic E-state index is 11.6. The Kier molecular flexibility index (Phi) is 5.81. The first kappa shape index (κ1) is 15.2. The molecule has 0 amide bonds. The van der Waals surface area contributed by atoms with Crippen LogP contribution >= 0.6 is 11.6 Å². The Morgan fingerprint density at radius 1 is 1.39 bits per heavy atom. The Bertz CT molecular complexity index is 497. The molecule has 4 nitrogen and oxygen atoms in total. The van der Waals surface area contributed by atoms with Gasteiger partial charge in [0.25, 0.3) is 0 Å². The van der Waals surface area contributed by atoms with Crippen molar-refractivity contribution < 1.29 is 13.5 Å².